The Hall–Kier alpha value is -1.84. The molecule has 1 aromatic heterocycles. The molecule has 8 heteroatoms. The number of guanidine groups is 1. The molecule has 0 aliphatic heterocycles. The van der Waals surface area contributed by atoms with Crippen molar-refractivity contribution >= 4 is 29.9 Å². The van der Waals surface area contributed by atoms with Crippen LogP contribution in [0.4, 0.5) is 0 Å². The number of aryl methyl sites for hydroxylation is 2. The second-order valence-electron chi connectivity index (χ2n) is 5.90. The van der Waals surface area contributed by atoms with E-state index in [-0.39, 0.29) is 24.0 Å². The van der Waals surface area contributed by atoms with Crippen LogP contribution < -0.4 is 15.4 Å². The average molecular weight is 472 g/mol. The molecule has 144 valence electrons. The minimum absolute atomic E-state index is 0. The summed E-state index contributed by atoms with van der Waals surface area (Å²) < 4.78 is 7.41. The van der Waals surface area contributed by atoms with Gasteiger partial charge in [0.1, 0.15) is 18.4 Å². The molecule has 2 N–H and O–H groups in total. The summed E-state index contributed by atoms with van der Waals surface area (Å²) in [5.74, 6) is 1.76. The largest absolute Gasteiger partial charge is 0.496 e. The molecule has 0 fully saturated rings. The molecule has 7 nitrogen and oxygen atoms in total. The highest BCUT2D eigenvalue weighted by Gasteiger charge is 2.04. The molecular weight excluding hydrogens is 443 g/mol. The lowest BCUT2D eigenvalue weighted by Gasteiger charge is -2.13. The molecule has 2 aromatic rings. The number of hydrogen-bond acceptors (Lipinski definition) is 4. The van der Waals surface area contributed by atoms with Crippen LogP contribution >= 0.6 is 24.0 Å². The van der Waals surface area contributed by atoms with Gasteiger partial charge >= 0.3 is 0 Å². The van der Waals surface area contributed by atoms with E-state index >= 15 is 0 Å². The summed E-state index contributed by atoms with van der Waals surface area (Å²) in [5.41, 5.74) is 2.45. The van der Waals surface area contributed by atoms with Crippen molar-refractivity contribution in [3.63, 3.8) is 0 Å². The molecule has 0 saturated carbocycles. The summed E-state index contributed by atoms with van der Waals surface area (Å²) in [6.45, 7) is 4.72. The first-order chi connectivity index (χ1) is 12.2. The van der Waals surface area contributed by atoms with E-state index in [1.54, 1.807) is 26.8 Å². The molecule has 0 saturated heterocycles. The van der Waals surface area contributed by atoms with Gasteiger partial charge in [-0.3, -0.25) is 4.99 Å². The van der Waals surface area contributed by atoms with Gasteiger partial charge in [0, 0.05) is 26.7 Å². The van der Waals surface area contributed by atoms with Gasteiger partial charge in [-0.2, -0.15) is 0 Å². The number of unbranched alkanes of at least 4 members (excludes halogenated alkanes) is 1. The van der Waals surface area contributed by atoms with Crippen LogP contribution in [0.1, 0.15) is 24.0 Å². The van der Waals surface area contributed by atoms with Gasteiger partial charge in [0.25, 0.3) is 0 Å². The maximum absolute atomic E-state index is 5.42. The van der Waals surface area contributed by atoms with Gasteiger partial charge < -0.3 is 19.9 Å². The Bertz CT molecular complexity index is 660. The molecule has 0 unspecified atom stereocenters. The van der Waals surface area contributed by atoms with Crippen LogP contribution in [0.15, 0.2) is 35.8 Å². The summed E-state index contributed by atoms with van der Waals surface area (Å²) in [5, 5.41) is 14.3. The number of nitrogens with one attached hydrogen (secondary N) is 2. The summed E-state index contributed by atoms with van der Waals surface area (Å²) >= 11 is 0. The number of aromatic nitrogens is 3. The minimum atomic E-state index is 0. The molecule has 0 bridgehead atoms. The highest BCUT2D eigenvalue weighted by Crippen LogP contribution is 2.19. The van der Waals surface area contributed by atoms with Crippen molar-refractivity contribution in [1.29, 1.82) is 0 Å². The molecular formula is C18H29IN6O. The third-order valence-electron chi connectivity index (χ3n) is 3.95. The highest BCUT2D eigenvalue weighted by molar-refractivity contribution is 14.0. The molecule has 0 atom stereocenters. The van der Waals surface area contributed by atoms with Crippen LogP contribution in [0.25, 0.3) is 0 Å². The first-order valence-corrected chi connectivity index (χ1v) is 8.63. The van der Waals surface area contributed by atoms with Crippen molar-refractivity contribution in [1.82, 2.24) is 25.4 Å². The quantitative estimate of drug-likeness (QED) is 0.254. The standard InChI is InChI=1S/C18H28N6O.HI/c1-15-6-7-17(25-3)16(12-15)8-10-21-18(19-2)20-9-4-5-11-24-13-22-23-14-24;/h6-7,12-14H,4-5,8-11H2,1-3H3,(H2,19,20,21);1H. The van der Waals surface area contributed by atoms with Crippen LogP contribution in [-0.4, -0.2) is 48.0 Å². The number of benzene rings is 1. The van der Waals surface area contributed by atoms with E-state index in [1.807, 2.05) is 10.6 Å². The number of hydrogen-bond donors (Lipinski definition) is 2. The lowest BCUT2D eigenvalue weighted by Crippen LogP contribution is -2.38. The number of rotatable bonds is 9. The van der Waals surface area contributed by atoms with Gasteiger partial charge in [-0.1, -0.05) is 17.7 Å². The fourth-order valence-electron chi connectivity index (χ4n) is 2.60. The number of aliphatic imine (C=N–C) groups is 1. The third-order valence-corrected chi connectivity index (χ3v) is 3.95. The maximum atomic E-state index is 5.42. The van der Waals surface area contributed by atoms with Gasteiger partial charge in [-0.05, 0) is 37.8 Å². The Balaban J connectivity index is 0.00000338. The number of nitrogens with zero attached hydrogens (tertiary/aromatic N) is 4. The first kappa shape index (κ1) is 22.2. The van der Waals surface area contributed by atoms with Gasteiger partial charge in [-0.15, -0.1) is 34.2 Å². The Kier molecular flexibility index (Phi) is 10.7. The van der Waals surface area contributed by atoms with Crippen LogP contribution in [0.2, 0.25) is 0 Å². The Morgan fingerprint density at radius 3 is 2.58 bits per heavy atom. The second-order valence-corrected chi connectivity index (χ2v) is 5.90. The van der Waals surface area contributed by atoms with Crippen molar-refractivity contribution in [3.8, 4) is 5.75 Å². The summed E-state index contributed by atoms with van der Waals surface area (Å²) in [4.78, 5) is 4.26. The van der Waals surface area contributed by atoms with Crippen molar-refractivity contribution in [3.05, 3.63) is 42.0 Å². The van der Waals surface area contributed by atoms with E-state index < -0.39 is 0 Å². The lowest BCUT2D eigenvalue weighted by atomic mass is 10.1. The number of methoxy groups -OCH3 is 1. The maximum Gasteiger partial charge on any atom is 0.190 e. The second kappa shape index (κ2) is 12.5. The first-order valence-electron chi connectivity index (χ1n) is 8.63. The van der Waals surface area contributed by atoms with Gasteiger partial charge in [0.05, 0.1) is 7.11 Å². The molecule has 0 radical (unpaired) electrons. The Labute approximate surface area is 172 Å². The van der Waals surface area contributed by atoms with Crippen LogP contribution in [0.3, 0.4) is 0 Å². The van der Waals surface area contributed by atoms with Crippen LogP contribution in [-0.2, 0) is 13.0 Å². The van der Waals surface area contributed by atoms with E-state index in [1.165, 1.54) is 11.1 Å². The van der Waals surface area contributed by atoms with Gasteiger partial charge in [-0.25, -0.2) is 0 Å². The van der Waals surface area contributed by atoms with Crippen molar-refractivity contribution in [2.45, 2.75) is 32.7 Å². The van der Waals surface area contributed by atoms with E-state index in [9.17, 15) is 0 Å². The van der Waals surface area contributed by atoms with E-state index in [0.29, 0.717) is 0 Å². The van der Waals surface area contributed by atoms with Crippen LogP contribution in [0, 0.1) is 6.92 Å². The monoisotopic (exact) mass is 472 g/mol. The molecule has 0 aliphatic rings. The fraction of sp³-hybridized carbons (Fsp3) is 0.500. The van der Waals surface area contributed by atoms with Crippen molar-refractivity contribution in [2.24, 2.45) is 4.99 Å². The smallest absolute Gasteiger partial charge is 0.190 e. The summed E-state index contributed by atoms with van der Waals surface area (Å²) in [7, 11) is 3.50. The molecule has 0 aliphatic carbocycles. The Morgan fingerprint density at radius 1 is 1.15 bits per heavy atom. The number of ether oxygens (including phenoxy) is 1. The summed E-state index contributed by atoms with van der Waals surface area (Å²) in [6.07, 6.45) is 6.51. The van der Waals surface area contributed by atoms with Crippen LogP contribution in [0.5, 0.6) is 5.75 Å². The molecule has 26 heavy (non-hydrogen) atoms. The van der Waals surface area contributed by atoms with E-state index in [0.717, 1.165) is 50.6 Å². The lowest BCUT2D eigenvalue weighted by molar-refractivity contribution is 0.409. The zero-order valence-corrected chi connectivity index (χ0v) is 18.1. The zero-order chi connectivity index (χ0) is 17.9. The molecule has 0 spiro atoms. The summed E-state index contributed by atoms with van der Waals surface area (Å²) in [6, 6.07) is 6.26. The van der Waals surface area contributed by atoms with Gasteiger partial charge in [0.15, 0.2) is 5.96 Å². The minimum Gasteiger partial charge on any atom is -0.496 e. The molecule has 0 amide bonds. The third kappa shape index (κ3) is 7.59. The normalized spacial score (nSPS) is 11.0. The van der Waals surface area contributed by atoms with Crippen molar-refractivity contribution < 1.29 is 4.74 Å². The fourth-order valence-corrected chi connectivity index (χ4v) is 2.60. The zero-order valence-electron chi connectivity index (χ0n) is 15.7. The van der Waals surface area contributed by atoms with Crippen molar-refractivity contribution in [2.75, 3.05) is 27.2 Å². The van der Waals surface area contributed by atoms with E-state index in [2.05, 4.69) is 44.9 Å². The highest BCUT2D eigenvalue weighted by atomic mass is 127. The topological polar surface area (TPSA) is 76.4 Å². The molecule has 2 rings (SSSR count). The number of halogens is 1. The SMILES string of the molecule is CN=C(NCCCCn1cnnc1)NCCc1cc(C)ccc1OC.I. The Morgan fingerprint density at radius 2 is 1.88 bits per heavy atom. The molecule has 1 heterocycles. The average Bonchev–Trinajstić information content (AvgIpc) is 3.13. The van der Waals surface area contributed by atoms with Gasteiger partial charge in [0.2, 0.25) is 0 Å². The predicted molar refractivity (Wildman–Crippen MR) is 115 cm³/mol. The predicted octanol–water partition coefficient (Wildman–Crippen LogP) is 2.40. The van der Waals surface area contributed by atoms with E-state index in [4.69, 9.17) is 4.74 Å². The molecule has 1 aromatic carbocycles.